The first kappa shape index (κ1) is 23.0. The Morgan fingerprint density at radius 1 is 0.903 bits per heavy atom. The summed E-state index contributed by atoms with van der Waals surface area (Å²) in [4.78, 5) is -1.20. The average Bonchev–Trinajstić information content (AvgIpc) is 2.65. The molecular formula is C21H24N2O6S2. The molecule has 0 saturated heterocycles. The fourth-order valence-corrected chi connectivity index (χ4v) is 5.10. The van der Waals surface area contributed by atoms with Gasteiger partial charge in [-0.2, -0.15) is 16.8 Å². The van der Waals surface area contributed by atoms with E-state index in [4.69, 9.17) is 11.5 Å². The molecule has 3 rings (SSSR count). The first-order valence-corrected chi connectivity index (χ1v) is 12.2. The number of nitrogens with two attached hydrogens (primary N) is 2. The van der Waals surface area contributed by atoms with Crippen molar-refractivity contribution < 1.29 is 25.9 Å². The Morgan fingerprint density at radius 3 is 2.06 bits per heavy atom. The summed E-state index contributed by atoms with van der Waals surface area (Å²) >= 11 is 0. The van der Waals surface area contributed by atoms with Crippen LogP contribution in [-0.4, -0.2) is 25.9 Å². The number of hydrogen-bond donors (Lipinski definition) is 4. The summed E-state index contributed by atoms with van der Waals surface area (Å²) in [6.45, 7) is 3.85. The highest BCUT2D eigenvalue weighted by molar-refractivity contribution is 7.86. The second-order valence-corrected chi connectivity index (χ2v) is 10.9. The Hall–Kier alpha value is -2.66. The molecule has 1 atom stereocenters. The zero-order chi connectivity index (χ0) is 23.2. The number of hydrogen-bond acceptors (Lipinski definition) is 6. The van der Waals surface area contributed by atoms with Gasteiger partial charge in [-0.05, 0) is 59.4 Å². The normalized spacial score (nSPS) is 18.9. The molecule has 1 unspecified atom stereocenters. The fraction of sp³-hybridized carbons (Fsp3) is 0.238. The molecule has 2 aromatic carbocycles. The van der Waals surface area contributed by atoms with Gasteiger partial charge in [0, 0.05) is 16.8 Å². The van der Waals surface area contributed by atoms with E-state index in [1.54, 1.807) is 18.2 Å². The minimum absolute atomic E-state index is 0.138. The Morgan fingerprint density at radius 2 is 1.52 bits per heavy atom. The minimum atomic E-state index is -4.76. The molecule has 0 amide bonds. The van der Waals surface area contributed by atoms with Crippen LogP contribution in [0, 0.1) is 11.3 Å². The predicted molar refractivity (Wildman–Crippen MR) is 118 cm³/mol. The molecular weight excluding hydrogens is 440 g/mol. The third kappa shape index (κ3) is 4.67. The highest BCUT2D eigenvalue weighted by Gasteiger charge is 2.38. The summed E-state index contributed by atoms with van der Waals surface area (Å²) in [5.74, 6) is -0.307. The van der Waals surface area contributed by atoms with E-state index in [1.807, 2.05) is 32.1 Å². The number of nitrogen functional groups attached to an aromatic ring is 1. The first-order valence-electron chi connectivity index (χ1n) is 9.33. The van der Waals surface area contributed by atoms with Gasteiger partial charge in [-0.1, -0.05) is 38.1 Å². The molecule has 0 saturated carbocycles. The molecule has 0 radical (unpaired) electrons. The average molecular weight is 465 g/mol. The van der Waals surface area contributed by atoms with Crippen LogP contribution >= 0.6 is 0 Å². The molecule has 6 N–H and O–H groups in total. The van der Waals surface area contributed by atoms with Gasteiger partial charge >= 0.3 is 0 Å². The van der Waals surface area contributed by atoms with E-state index in [-0.39, 0.29) is 17.9 Å². The zero-order valence-electron chi connectivity index (χ0n) is 17.0. The van der Waals surface area contributed by atoms with Crippen LogP contribution in [-0.2, 0) is 26.7 Å². The first-order chi connectivity index (χ1) is 14.2. The lowest BCUT2D eigenvalue weighted by molar-refractivity contribution is 0.319. The lowest BCUT2D eigenvalue weighted by Crippen LogP contribution is -2.35. The van der Waals surface area contributed by atoms with Crippen molar-refractivity contribution in [2.24, 2.45) is 17.1 Å². The van der Waals surface area contributed by atoms with E-state index in [2.05, 4.69) is 0 Å². The Balaban J connectivity index is 2.15. The van der Waals surface area contributed by atoms with E-state index in [0.29, 0.717) is 11.4 Å². The van der Waals surface area contributed by atoms with Gasteiger partial charge in [-0.15, -0.1) is 0 Å². The van der Waals surface area contributed by atoms with Crippen molar-refractivity contribution in [2.75, 3.05) is 5.73 Å². The van der Waals surface area contributed by atoms with Gasteiger partial charge in [0.1, 0.15) is 0 Å². The van der Waals surface area contributed by atoms with Crippen LogP contribution in [0.1, 0.15) is 25.0 Å². The molecule has 166 valence electrons. The van der Waals surface area contributed by atoms with Crippen LogP contribution in [0.5, 0.6) is 0 Å². The number of anilines is 1. The molecule has 1 aliphatic rings. The van der Waals surface area contributed by atoms with E-state index in [1.165, 1.54) is 6.07 Å². The smallest absolute Gasteiger partial charge is 0.294 e. The van der Waals surface area contributed by atoms with Gasteiger partial charge in [-0.25, -0.2) is 0 Å². The number of allylic oxidation sites excluding steroid dienone is 4. The third-order valence-electron chi connectivity index (χ3n) is 5.72. The van der Waals surface area contributed by atoms with E-state index < -0.39 is 35.4 Å². The van der Waals surface area contributed by atoms with Crippen molar-refractivity contribution in [3.05, 3.63) is 71.4 Å². The predicted octanol–water partition coefficient (Wildman–Crippen LogP) is 2.89. The van der Waals surface area contributed by atoms with Crippen molar-refractivity contribution in [1.82, 2.24) is 0 Å². The number of rotatable bonds is 5. The summed E-state index contributed by atoms with van der Waals surface area (Å²) in [6.07, 6.45) is 3.79. The van der Waals surface area contributed by atoms with Crippen LogP contribution in [0.4, 0.5) is 5.69 Å². The van der Waals surface area contributed by atoms with Crippen LogP contribution in [0.2, 0.25) is 0 Å². The highest BCUT2D eigenvalue weighted by atomic mass is 32.2. The summed E-state index contributed by atoms with van der Waals surface area (Å²) in [7, 11) is -9.42. The minimum Gasteiger partial charge on any atom is -0.402 e. The Kier molecular flexibility index (Phi) is 5.78. The highest BCUT2D eigenvalue weighted by Crippen LogP contribution is 2.46. The monoisotopic (exact) mass is 464 g/mol. The fourth-order valence-electron chi connectivity index (χ4n) is 3.76. The van der Waals surface area contributed by atoms with Gasteiger partial charge in [0.25, 0.3) is 20.2 Å². The van der Waals surface area contributed by atoms with E-state index >= 15 is 0 Å². The van der Waals surface area contributed by atoms with Crippen LogP contribution in [0.3, 0.4) is 0 Å². The molecule has 31 heavy (non-hydrogen) atoms. The summed E-state index contributed by atoms with van der Waals surface area (Å²) in [5, 5.41) is 0. The Labute approximate surface area is 181 Å². The molecule has 0 heterocycles. The second-order valence-electron chi connectivity index (χ2n) is 8.06. The summed E-state index contributed by atoms with van der Waals surface area (Å²) in [5.41, 5.74) is 14.6. The Bertz CT molecular complexity index is 1290. The lowest BCUT2D eigenvalue weighted by atomic mass is 9.66. The zero-order valence-corrected chi connectivity index (χ0v) is 18.6. The van der Waals surface area contributed by atoms with E-state index in [9.17, 15) is 25.9 Å². The van der Waals surface area contributed by atoms with Gasteiger partial charge in [-0.3, -0.25) is 9.11 Å². The quantitative estimate of drug-likeness (QED) is 0.388. The lowest BCUT2D eigenvalue weighted by Gasteiger charge is -2.39. The van der Waals surface area contributed by atoms with Crippen LogP contribution < -0.4 is 11.5 Å². The van der Waals surface area contributed by atoms with Crippen molar-refractivity contribution >= 4 is 31.5 Å². The van der Waals surface area contributed by atoms with E-state index in [0.717, 1.165) is 23.3 Å². The molecule has 10 heteroatoms. The van der Waals surface area contributed by atoms with Gasteiger partial charge < -0.3 is 11.5 Å². The molecule has 1 aliphatic carbocycles. The second kappa shape index (κ2) is 7.79. The maximum Gasteiger partial charge on any atom is 0.294 e. The molecule has 8 nitrogen and oxygen atoms in total. The maximum atomic E-state index is 12.0. The van der Waals surface area contributed by atoms with Gasteiger partial charge in [0.15, 0.2) is 0 Å². The molecule has 0 bridgehead atoms. The largest absolute Gasteiger partial charge is 0.402 e. The standard InChI is InChI=1S/C21H24N2O6S2/c1-21(2)18(17(9-10-20(21)23)13-3-6-15(22)7-4-13)11-14-5-8-16(30(24,25)26)12-19(14)31(27,28)29/h3-10,12,18H,11,22-23H2,1-2H3,(H,24,25,26)(H,27,28,29). The van der Waals surface area contributed by atoms with Gasteiger partial charge in [0.2, 0.25) is 0 Å². The van der Waals surface area contributed by atoms with Crippen molar-refractivity contribution in [1.29, 1.82) is 0 Å². The number of benzene rings is 2. The summed E-state index contributed by atoms with van der Waals surface area (Å²) < 4.78 is 65.9. The molecule has 0 spiro atoms. The topological polar surface area (TPSA) is 161 Å². The van der Waals surface area contributed by atoms with Crippen LogP contribution in [0.15, 0.2) is 70.1 Å². The van der Waals surface area contributed by atoms with Crippen molar-refractivity contribution in [3.63, 3.8) is 0 Å². The molecule has 2 aromatic rings. The molecule has 0 fully saturated rings. The molecule has 0 aromatic heterocycles. The third-order valence-corrected chi connectivity index (χ3v) is 7.50. The molecule has 0 aliphatic heterocycles. The SMILES string of the molecule is CC1(C)C(N)=CC=C(c2ccc(N)cc2)C1Cc1ccc(S(=O)(=O)O)cc1S(=O)(=O)O. The van der Waals surface area contributed by atoms with Crippen molar-refractivity contribution in [3.8, 4) is 0 Å². The summed E-state index contributed by atoms with van der Waals surface area (Å²) in [6, 6.07) is 10.3. The maximum absolute atomic E-state index is 12.0. The van der Waals surface area contributed by atoms with Crippen LogP contribution in [0.25, 0.3) is 5.57 Å². The van der Waals surface area contributed by atoms with Gasteiger partial charge in [0.05, 0.1) is 9.79 Å². The van der Waals surface area contributed by atoms with Crippen molar-refractivity contribution in [2.45, 2.75) is 30.1 Å².